The van der Waals surface area contributed by atoms with Crippen LogP contribution in [0.25, 0.3) is 0 Å². The minimum Gasteiger partial charge on any atom is -0.481 e. The Morgan fingerprint density at radius 1 is 0.828 bits per heavy atom. The molecule has 0 rings (SSSR count). The van der Waals surface area contributed by atoms with Crippen molar-refractivity contribution in [2.75, 3.05) is 40.6 Å². The van der Waals surface area contributed by atoms with Gasteiger partial charge in [0.15, 0.2) is 0 Å². The number of rotatable bonds is 15. The van der Waals surface area contributed by atoms with E-state index in [1.54, 1.807) is 0 Å². The van der Waals surface area contributed by atoms with Crippen LogP contribution in [0.4, 0.5) is 0 Å². The normalized spacial score (nSPS) is 14.9. The SMILES string of the molecule is C=C(C(=O)O)C(C(=O)O)(C(C)C(=O)OCCCOC)C(C)C(=O)OCCCOC. The van der Waals surface area contributed by atoms with E-state index < -0.39 is 46.7 Å². The third kappa shape index (κ3) is 6.82. The molecule has 0 aromatic heterocycles. The van der Waals surface area contributed by atoms with Gasteiger partial charge in [-0.1, -0.05) is 20.4 Å². The molecule has 10 nitrogen and oxygen atoms in total. The van der Waals surface area contributed by atoms with Crippen LogP contribution in [0.15, 0.2) is 12.2 Å². The van der Waals surface area contributed by atoms with Gasteiger partial charge in [0.2, 0.25) is 0 Å². The van der Waals surface area contributed by atoms with E-state index >= 15 is 0 Å². The average molecular weight is 418 g/mol. The number of hydrogen-bond acceptors (Lipinski definition) is 8. The number of ether oxygens (including phenoxy) is 4. The van der Waals surface area contributed by atoms with Gasteiger partial charge in [0, 0.05) is 45.8 Å². The van der Waals surface area contributed by atoms with Crippen molar-refractivity contribution >= 4 is 23.9 Å². The molecule has 2 atom stereocenters. The highest BCUT2D eigenvalue weighted by Gasteiger charge is 2.58. The summed E-state index contributed by atoms with van der Waals surface area (Å²) in [5, 5.41) is 19.3. The quantitative estimate of drug-likeness (QED) is 0.225. The van der Waals surface area contributed by atoms with Gasteiger partial charge in [0.1, 0.15) is 5.41 Å². The van der Waals surface area contributed by atoms with E-state index in [1.807, 2.05) is 0 Å². The summed E-state index contributed by atoms with van der Waals surface area (Å²) in [6.45, 7) is 6.25. The summed E-state index contributed by atoms with van der Waals surface area (Å²) in [6.07, 6.45) is 0.734. The van der Waals surface area contributed by atoms with Crippen LogP contribution < -0.4 is 0 Å². The molecule has 0 aliphatic carbocycles. The Morgan fingerprint density at radius 3 is 1.48 bits per heavy atom. The highest BCUT2D eigenvalue weighted by Crippen LogP contribution is 2.44. The van der Waals surface area contributed by atoms with Gasteiger partial charge < -0.3 is 29.2 Å². The Kier molecular flexibility index (Phi) is 11.8. The number of hydrogen-bond donors (Lipinski definition) is 2. The van der Waals surface area contributed by atoms with Crippen molar-refractivity contribution in [3.05, 3.63) is 12.2 Å². The van der Waals surface area contributed by atoms with E-state index in [2.05, 4.69) is 6.58 Å². The Labute approximate surface area is 169 Å². The Balaban J connectivity index is 5.78. The van der Waals surface area contributed by atoms with Crippen LogP contribution in [0, 0.1) is 17.3 Å². The fourth-order valence-corrected chi connectivity index (χ4v) is 2.95. The Hall–Kier alpha value is -2.46. The first-order valence-electron chi connectivity index (χ1n) is 9.06. The minimum absolute atomic E-state index is 0.0535. The number of carbonyl (C=O) groups is 4. The number of carbonyl (C=O) groups excluding carboxylic acids is 2. The molecule has 0 aliphatic heterocycles. The highest BCUT2D eigenvalue weighted by atomic mass is 16.5. The maximum atomic E-state index is 12.5. The molecular weight excluding hydrogens is 388 g/mol. The number of carboxylic acid groups (broad SMARTS) is 2. The summed E-state index contributed by atoms with van der Waals surface area (Å²) in [5.41, 5.74) is -3.27. The highest BCUT2D eigenvalue weighted by molar-refractivity contribution is 6.01. The summed E-state index contributed by atoms with van der Waals surface area (Å²) in [7, 11) is 2.94. The number of aliphatic carboxylic acids is 2. The summed E-state index contributed by atoms with van der Waals surface area (Å²) >= 11 is 0. The molecule has 166 valence electrons. The van der Waals surface area contributed by atoms with Crippen LogP contribution in [0.5, 0.6) is 0 Å². The molecule has 0 aromatic rings. The van der Waals surface area contributed by atoms with Gasteiger partial charge in [0.05, 0.1) is 25.0 Å². The van der Waals surface area contributed by atoms with E-state index in [-0.39, 0.29) is 13.2 Å². The second-order valence-electron chi connectivity index (χ2n) is 6.43. The molecule has 0 aromatic carbocycles. The number of esters is 2. The van der Waals surface area contributed by atoms with Crippen molar-refractivity contribution in [2.45, 2.75) is 26.7 Å². The first kappa shape index (κ1) is 26.5. The fourth-order valence-electron chi connectivity index (χ4n) is 2.95. The first-order valence-corrected chi connectivity index (χ1v) is 9.06. The molecule has 0 bridgehead atoms. The number of carboxylic acids is 2. The lowest BCUT2D eigenvalue weighted by molar-refractivity contribution is -0.174. The van der Waals surface area contributed by atoms with Gasteiger partial charge in [-0.2, -0.15) is 0 Å². The van der Waals surface area contributed by atoms with Crippen LogP contribution in [0.2, 0.25) is 0 Å². The van der Waals surface area contributed by atoms with E-state index in [0.717, 1.165) is 0 Å². The molecule has 0 fully saturated rings. The van der Waals surface area contributed by atoms with Crippen LogP contribution >= 0.6 is 0 Å². The fraction of sp³-hybridized carbons (Fsp3) is 0.684. The van der Waals surface area contributed by atoms with Gasteiger partial charge in [-0.05, 0) is 0 Å². The third-order valence-electron chi connectivity index (χ3n) is 4.66. The minimum atomic E-state index is -2.46. The van der Waals surface area contributed by atoms with Crippen molar-refractivity contribution in [2.24, 2.45) is 17.3 Å². The van der Waals surface area contributed by atoms with E-state index in [0.29, 0.717) is 26.1 Å². The second-order valence-corrected chi connectivity index (χ2v) is 6.43. The smallest absolute Gasteiger partial charge is 0.332 e. The van der Waals surface area contributed by atoms with Crippen molar-refractivity contribution < 1.29 is 48.3 Å². The van der Waals surface area contributed by atoms with Crippen LogP contribution in [-0.2, 0) is 38.1 Å². The van der Waals surface area contributed by atoms with Crippen molar-refractivity contribution in [3.8, 4) is 0 Å². The molecular formula is C19H30O10. The predicted octanol–water partition coefficient (Wildman–Crippen LogP) is 1.13. The standard InChI is InChI=1S/C19H30O10/c1-12(15(20)21)19(18(24)25,13(2)16(22)28-10-6-8-26-4)14(3)17(23)29-11-7-9-27-5/h13-14H,1,6-11H2,2-5H3,(H,20,21)(H,24,25). The molecule has 2 N–H and O–H groups in total. The zero-order chi connectivity index (χ0) is 22.6. The maximum absolute atomic E-state index is 12.5. The molecule has 0 saturated heterocycles. The lowest BCUT2D eigenvalue weighted by Crippen LogP contribution is -2.52. The van der Waals surface area contributed by atoms with E-state index in [9.17, 15) is 29.4 Å². The van der Waals surface area contributed by atoms with Crippen LogP contribution in [0.1, 0.15) is 26.7 Å². The summed E-state index contributed by atoms with van der Waals surface area (Å²) < 4.78 is 19.8. The molecule has 0 amide bonds. The summed E-state index contributed by atoms with van der Waals surface area (Å²) in [4.78, 5) is 48.8. The van der Waals surface area contributed by atoms with Gasteiger partial charge in [0.25, 0.3) is 0 Å². The molecule has 0 spiro atoms. The molecule has 0 radical (unpaired) electrons. The van der Waals surface area contributed by atoms with Crippen LogP contribution in [-0.4, -0.2) is 74.7 Å². The van der Waals surface area contributed by atoms with Gasteiger partial charge in [-0.15, -0.1) is 0 Å². The summed E-state index contributed by atoms with van der Waals surface area (Å²) in [6, 6.07) is 0. The Morgan fingerprint density at radius 2 is 1.21 bits per heavy atom. The average Bonchev–Trinajstić information content (AvgIpc) is 2.67. The topological polar surface area (TPSA) is 146 Å². The first-order chi connectivity index (χ1) is 13.6. The lowest BCUT2D eigenvalue weighted by Gasteiger charge is -2.37. The van der Waals surface area contributed by atoms with Gasteiger partial charge in [-0.3, -0.25) is 14.4 Å². The van der Waals surface area contributed by atoms with Gasteiger partial charge >= 0.3 is 23.9 Å². The zero-order valence-corrected chi connectivity index (χ0v) is 17.3. The maximum Gasteiger partial charge on any atom is 0.332 e. The van der Waals surface area contributed by atoms with E-state index in [1.165, 1.54) is 28.1 Å². The second kappa shape index (κ2) is 12.9. The van der Waals surface area contributed by atoms with Crippen molar-refractivity contribution in [3.63, 3.8) is 0 Å². The number of methoxy groups -OCH3 is 2. The zero-order valence-electron chi connectivity index (χ0n) is 17.3. The third-order valence-corrected chi connectivity index (χ3v) is 4.66. The molecule has 2 unspecified atom stereocenters. The van der Waals surface area contributed by atoms with Crippen molar-refractivity contribution in [1.82, 2.24) is 0 Å². The molecule has 0 heterocycles. The molecule has 29 heavy (non-hydrogen) atoms. The molecule has 10 heteroatoms. The van der Waals surface area contributed by atoms with Crippen molar-refractivity contribution in [1.29, 1.82) is 0 Å². The molecule has 0 saturated carbocycles. The lowest BCUT2D eigenvalue weighted by atomic mass is 9.63. The van der Waals surface area contributed by atoms with E-state index in [4.69, 9.17) is 18.9 Å². The van der Waals surface area contributed by atoms with Crippen LogP contribution in [0.3, 0.4) is 0 Å². The summed E-state index contributed by atoms with van der Waals surface area (Å²) in [5.74, 6) is -8.31. The van der Waals surface area contributed by atoms with Gasteiger partial charge in [-0.25, -0.2) is 4.79 Å². The molecule has 0 aliphatic rings. The monoisotopic (exact) mass is 418 g/mol. The largest absolute Gasteiger partial charge is 0.481 e. The Bertz CT molecular complexity index is 568. The predicted molar refractivity (Wildman–Crippen MR) is 100 cm³/mol.